The van der Waals surface area contributed by atoms with Gasteiger partial charge in [-0.2, -0.15) is 0 Å². The lowest BCUT2D eigenvalue weighted by Gasteiger charge is -2.05. The average Bonchev–Trinajstić information content (AvgIpc) is 1.82. The van der Waals surface area contributed by atoms with Crippen molar-refractivity contribution in [1.82, 2.24) is 0 Å². The second kappa shape index (κ2) is 4.72. The van der Waals surface area contributed by atoms with E-state index in [-0.39, 0.29) is 4.83 Å². The standard InChI is InChI=1S/C7H13BrO2/c1-5(2)3-4-6(8)7(9)10/h5-6H,3-4H2,1-2H3,(H,9,10). The lowest BCUT2D eigenvalue weighted by atomic mass is 10.1. The van der Waals surface area contributed by atoms with Crippen LogP contribution in [0.5, 0.6) is 0 Å². The van der Waals surface area contributed by atoms with Gasteiger partial charge in [0.05, 0.1) is 0 Å². The number of carboxylic acid groups (broad SMARTS) is 1. The van der Waals surface area contributed by atoms with Crippen LogP contribution in [-0.4, -0.2) is 15.9 Å². The van der Waals surface area contributed by atoms with E-state index in [1.807, 2.05) is 0 Å². The number of carbonyl (C=O) groups is 1. The summed E-state index contributed by atoms with van der Waals surface area (Å²) >= 11 is 3.07. The Morgan fingerprint density at radius 3 is 2.30 bits per heavy atom. The van der Waals surface area contributed by atoms with Crippen molar-refractivity contribution in [2.24, 2.45) is 5.92 Å². The molecule has 0 aromatic heterocycles. The van der Waals surface area contributed by atoms with Gasteiger partial charge in [-0.05, 0) is 18.8 Å². The van der Waals surface area contributed by atoms with Gasteiger partial charge < -0.3 is 5.11 Å². The largest absolute Gasteiger partial charge is 0.480 e. The van der Waals surface area contributed by atoms with Crippen LogP contribution in [0.3, 0.4) is 0 Å². The van der Waals surface area contributed by atoms with Gasteiger partial charge in [-0.15, -0.1) is 0 Å². The van der Waals surface area contributed by atoms with Gasteiger partial charge in [0.2, 0.25) is 0 Å². The number of alkyl halides is 1. The molecule has 3 heteroatoms. The van der Waals surface area contributed by atoms with E-state index in [2.05, 4.69) is 29.8 Å². The van der Waals surface area contributed by atoms with Crippen LogP contribution in [0.15, 0.2) is 0 Å². The first-order valence-electron chi connectivity index (χ1n) is 3.41. The number of rotatable bonds is 4. The zero-order valence-electron chi connectivity index (χ0n) is 6.30. The summed E-state index contributed by atoms with van der Waals surface area (Å²) in [5.41, 5.74) is 0. The van der Waals surface area contributed by atoms with Crippen LogP contribution in [0.4, 0.5) is 0 Å². The molecule has 1 atom stereocenters. The van der Waals surface area contributed by atoms with Crippen molar-refractivity contribution in [2.45, 2.75) is 31.5 Å². The van der Waals surface area contributed by atoms with E-state index in [0.29, 0.717) is 12.3 Å². The van der Waals surface area contributed by atoms with Crippen LogP contribution < -0.4 is 0 Å². The third-order valence-corrected chi connectivity index (χ3v) is 2.11. The summed E-state index contributed by atoms with van der Waals surface area (Å²) in [5.74, 6) is -0.181. The molecule has 0 bridgehead atoms. The van der Waals surface area contributed by atoms with Gasteiger partial charge >= 0.3 is 5.97 Å². The molecule has 0 spiro atoms. The molecule has 0 aromatic rings. The molecule has 0 aliphatic carbocycles. The Labute approximate surface area is 69.8 Å². The highest BCUT2D eigenvalue weighted by Gasteiger charge is 2.12. The Morgan fingerprint density at radius 2 is 2.00 bits per heavy atom. The molecule has 2 nitrogen and oxygen atoms in total. The molecular formula is C7H13BrO2. The summed E-state index contributed by atoms with van der Waals surface area (Å²) in [6.45, 7) is 4.17. The second-order valence-electron chi connectivity index (χ2n) is 2.78. The van der Waals surface area contributed by atoms with Gasteiger partial charge in [0.25, 0.3) is 0 Å². The second-order valence-corrected chi connectivity index (χ2v) is 3.88. The minimum Gasteiger partial charge on any atom is -0.480 e. The summed E-state index contributed by atoms with van der Waals surface area (Å²) in [6.07, 6.45) is 1.68. The molecule has 0 amide bonds. The SMILES string of the molecule is CC(C)CCC(Br)C(=O)O. The van der Waals surface area contributed by atoms with Crippen LogP contribution in [0, 0.1) is 5.92 Å². The first-order chi connectivity index (χ1) is 4.54. The molecule has 0 radical (unpaired) electrons. The third-order valence-electron chi connectivity index (χ3n) is 1.27. The molecule has 0 aliphatic heterocycles. The molecule has 10 heavy (non-hydrogen) atoms. The van der Waals surface area contributed by atoms with E-state index < -0.39 is 5.97 Å². The normalized spacial score (nSPS) is 13.6. The van der Waals surface area contributed by atoms with Crippen LogP contribution in [0.1, 0.15) is 26.7 Å². The lowest BCUT2D eigenvalue weighted by Crippen LogP contribution is -2.12. The summed E-state index contributed by atoms with van der Waals surface area (Å²) in [5, 5.41) is 8.45. The Bertz CT molecular complexity index is 112. The number of carboxylic acids is 1. The topological polar surface area (TPSA) is 37.3 Å². The maximum Gasteiger partial charge on any atom is 0.317 e. The van der Waals surface area contributed by atoms with Crippen molar-refractivity contribution in [3.05, 3.63) is 0 Å². The van der Waals surface area contributed by atoms with Gasteiger partial charge in [-0.3, -0.25) is 4.79 Å². The summed E-state index contributed by atoms with van der Waals surface area (Å²) < 4.78 is 0. The molecule has 0 rings (SSSR count). The summed E-state index contributed by atoms with van der Waals surface area (Å²) in [4.78, 5) is 9.90. The van der Waals surface area contributed by atoms with Crippen molar-refractivity contribution in [3.63, 3.8) is 0 Å². The van der Waals surface area contributed by atoms with Gasteiger partial charge in [0.15, 0.2) is 0 Å². The quantitative estimate of drug-likeness (QED) is 0.721. The molecular weight excluding hydrogens is 196 g/mol. The van der Waals surface area contributed by atoms with Gasteiger partial charge in [0.1, 0.15) is 4.83 Å². The molecule has 1 unspecified atom stereocenters. The number of aliphatic carboxylic acids is 1. The average molecular weight is 209 g/mol. The monoisotopic (exact) mass is 208 g/mol. The zero-order valence-corrected chi connectivity index (χ0v) is 7.89. The fourth-order valence-electron chi connectivity index (χ4n) is 0.603. The van der Waals surface area contributed by atoms with Crippen molar-refractivity contribution in [3.8, 4) is 0 Å². The number of halogens is 1. The fraction of sp³-hybridized carbons (Fsp3) is 0.857. The molecule has 0 heterocycles. The van der Waals surface area contributed by atoms with Crippen molar-refractivity contribution in [2.75, 3.05) is 0 Å². The predicted molar refractivity (Wildman–Crippen MR) is 44.4 cm³/mol. The summed E-state index contributed by atoms with van der Waals surface area (Å²) in [6, 6.07) is 0. The smallest absolute Gasteiger partial charge is 0.317 e. The highest BCUT2D eigenvalue weighted by molar-refractivity contribution is 9.10. The van der Waals surface area contributed by atoms with Crippen molar-refractivity contribution in [1.29, 1.82) is 0 Å². The number of hydrogen-bond acceptors (Lipinski definition) is 1. The zero-order chi connectivity index (χ0) is 8.15. The molecule has 1 N–H and O–H groups in total. The van der Waals surface area contributed by atoms with E-state index in [1.165, 1.54) is 0 Å². The van der Waals surface area contributed by atoms with Gasteiger partial charge in [0, 0.05) is 0 Å². The Balaban J connectivity index is 3.40. The summed E-state index contributed by atoms with van der Waals surface area (Å²) in [7, 11) is 0. The maximum absolute atomic E-state index is 10.3. The van der Waals surface area contributed by atoms with Crippen LogP contribution in [0.25, 0.3) is 0 Å². The lowest BCUT2D eigenvalue weighted by molar-refractivity contribution is -0.136. The maximum atomic E-state index is 10.3. The van der Waals surface area contributed by atoms with E-state index in [1.54, 1.807) is 0 Å². The molecule has 0 saturated heterocycles. The third kappa shape index (κ3) is 4.79. The van der Waals surface area contributed by atoms with E-state index in [0.717, 1.165) is 6.42 Å². The van der Waals surface area contributed by atoms with E-state index in [9.17, 15) is 4.79 Å². The number of hydrogen-bond donors (Lipinski definition) is 1. The first-order valence-corrected chi connectivity index (χ1v) is 4.32. The van der Waals surface area contributed by atoms with Gasteiger partial charge in [-0.25, -0.2) is 0 Å². The van der Waals surface area contributed by atoms with E-state index >= 15 is 0 Å². The fourth-order valence-corrected chi connectivity index (χ4v) is 0.867. The minimum absolute atomic E-state index is 0.366. The van der Waals surface area contributed by atoms with Crippen molar-refractivity contribution < 1.29 is 9.90 Å². The first kappa shape index (κ1) is 9.95. The molecule has 0 saturated carbocycles. The van der Waals surface area contributed by atoms with E-state index in [4.69, 9.17) is 5.11 Å². The predicted octanol–water partition coefficient (Wildman–Crippen LogP) is 2.27. The highest BCUT2D eigenvalue weighted by atomic mass is 79.9. The molecule has 60 valence electrons. The molecule has 0 fully saturated rings. The van der Waals surface area contributed by atoms with Crippen LogP contribution in [0.2, 0.25) is 0 Å². The molecule has 0 aliphatic rings. The van der Waals surface area contributed by atoms with Crippen LogP contribution >= 0.6 is 15.9 Å². The highest BCUT2D eigenvalue weighted by Crippen LogP contribution is 2.12. The van der Waals surface area contributed by atoms with Crippen LogP contribution in [-0.2, 0) is 4.79 Å². The Kier molecular flexibility index (Phi) is 4.69. The minimum atomic E-state index is -0.763. The van der Waals surface area contributed by atoms with Crippen molar-refractivity contribution >= 4 is 21.9 Å². The Morgan fingerprint density at radius 1 is 1.50 bits per heavy atom. The molecule has 0 aromatic carbocycles. The van der Waals surface area contributed by atoms with Gasteiger partial charge in [-0.1, -0.05) is 29.8 Å². The Hall–Kier alpha value is -0.0500.